The van der Waals surface area contributed by atoms with Crippen LogP contribution in [-0.2, 0) is 4.79 Å². The van der Waals surface area contributed by atoms with Gasteiger partial charge in [-0.15, -0.1) is 0 Å². The van der Waals surface area contributed by atoms with Crippen LogP contribution < -0.4 is 5.32 Å². The molecule has 1 aliphatic heterocycles. The van der Waals surface area contributed by atoms with Gasteiger partial charge >= 0.3 is 0 Å². The molecule has 122 valence electrons. The van der Waals surface area contributed by atoms with E-state index in [4.69, 9.17) is 0 Å². The molecule has 1 rings (SSSR count). The predicted molar refractivity (Wildman–Crippen MR) is 90.5 cm³/mol. The molecule has 0 bridgehead atoms. The molecule has 1 heterocycles. The van der Waals surface area contributed by atoms with Crippen molar-refractivity contribution in [2.75, 3.05) is 0 Å². The largest absolute Gasteiger partial charge is 0.286 e. The number of thioether (sulfide) groups is 1. The highest BCUT2D eigenvalue weighted by Gasteiger charge is 2.44. The molecule has 0 radical (unpaired) electrons. The monoisotopic (exact) mass is 313 g/mol. The SMILES string of the molecule is CCCCCCC(C)(CCCCCC)C1SC(=O)NC1=O. The molecule has 2 amide bonds. The summed E-state index contributed by atoms with van der Waals surface area (Å²) in [6.07, 6.45) is 11.9. The van der Waals surface area contributed by atoms with Crippen molar-refractivity contribution in [1.29, 1.82) is 0 Å². The van der Waals surface area contributed by atoms with Gasteiger partial charge in [0.1, 0.15) is 0 Å². The van der Waals surface area contributed by atoms with Gasteiger partial charge in [-0.3, -0.25) is 14.9 Å². The molecule has 3 nitrogen and oxygen atoms in total. The van der Waals surface area contributed by atoms with Gasteiger partial charge in [0.2, 0.25) is 5.91 Å². The van der Waals surface area contributed by atoms with Crippen LogP contribution in [0, 0.1) is 5.41 Å². The highest BCUT2D eigenvalue weighted by Crippen LogP contribution is 2.43. The van der Waals surface area contributed by atoms with E-state index in [0.717, 1.165) is 25.7 Å². The minimum Gasteiger partial charge on any atom is -0.286 e. The zero-order valence-corrected chi connectivity index (χ0v) is 14.7. The Morgan fingerprint density at radius 3 is 1.86 bits per heavy atom. The summed E-state index contributed by atoms with van der Waals surface area (Å²) in [4.78, 5) is 23.6. The highest BCUT2D eigenvalue weighted by molar-refractivity contribution is 8.15. The van der Waals surface area contributed by atoms with Crippen LogP contribution in [0.5, 0.6) is 0 Å². The second-order valence-corrected chi connectivity index (χ2v) is 7.63. The Bertz CT molecular complexity index is 332. The number of nitrogens with one attached hydrogen (secondary N) is 1. The topological polar surface area (TPSA) is 46.2 Å². The lowest BCUT2D eigenvalue weighted by molar-refractivity contribution is -0.121. The highest BCUT2D eigenvalue weighted by atomic mass is 32.2. The van der Waals surface area contributed by atoms with Crippen LogP contribution in [0.25, 0.3) is 0 Å². The van der Waals surface area contributed by atoms with Crippen LogP contribution in [0.4, 0.5) is 4.79 Å². The lowest BCUT2D eigenvalue weighted by Crippen LogP contribution is -2.37. The van der Waals surface area contributed by atoms with Gasteiger partial charge in [-0.1, -0.05) is 83.9 Å². The normalized spacial score (nSPS) is 19.1. The third-order valence-electron chi connectivity index (χ3n) is 4.52. The lowest BCUT2D eigenvalue weighted by Gasteiger charge is -2.33. The molecule has 0 spiro atoms. The fourth-order valence-electron chi connectivity index (χ4n) is 3.11. The maximum Gasteiger partial charge on any atom is 0.286 e. The van der Waals surface area contributed by atoms with Crippen LogP contribution in [0.2, 0.25) is 0 Å². The summed E-state index contributed by atoms with van der Waals surface area (Å²) in [6, 6.07) is 0. The predicted octanol–water partition coefficient (Wildman–Crippen LogP) is 5.29. The molecule has 0 aliphatic carbocycles. The van der Waals surface area contributed by atoms with Gasteiger partial charge in [0.15, 0.2) is 0 Å². The average Bonchev–Trinajstić information content (AvgIpc) is 2.80. The summed E-state index contributed by atoms with van der Waals surface area (Å²) < 4.78 is 0. The van der Waals surface area contributed by atoms with Gasteiger partial charge in [-0.2, -0.15) is 0 Å². The first kappa shape index (κ1) is 18.5. The van der Waals surface area contributed by atoms with Crippen molar-refractivity contribution in [2.24, 2.45) is 5.41 Å². The molecule has 0 aromatic carbocycles. The fraction of sp³-hybridized carbons (Fsp3) is 0.882. The van der Waals surface area contributed by atoms with Crippen molar-refractivity contribution in [3.63, 3.8) is 0 Å². The van der Waals surface area contributed by atoms with E-state index >= 15 is 0 Å². The fourth-order valence-corrected chi connectivity index (χ4v) is 4.17. The quantitative estimate of drug-likeness (QED) is 0.527. The Kier molecular flexibility index (Phi) is 8.38. The van der Waals surface area contributed by atoms with Gasteiger partial charge in [0.25, 0.3) is 5.24 Å². The van der Waals surface area contributed by atoms with Gasteiger partial charge in [-0.05, 0) is 18.3 Å². The molecule has 1 atom stereocenters. The van der Waals surface area contributed by atoms with E-state index in [-0.39, 0.29) is 21.8 Å². The van der Waals surface area contributed by atoms with Crippen LogP contribution in [0.1, 0.15) is 85.0 Å². The van der Waals surface area contributed by atoms with E-state index in [9.17, 15) is 9.59 Å². The van der Waals surface area contributed by atoms with Gasteiger partial charge in [0, 0.05) is 0 Å². The second kappa shape index (κ2) is 9.50. The van der Waals surface area contributed by atoms with Gasteiger partial charge < -0.3 is 0 Å². The van der Waals surface area contributed by atoms with Crippen molar-refractivity contribution in [3.8, 4) is 0 Å². The summed E-state index contributed by atoms with van der Waals surface area (Å²) in [7, 11) is 0. The minimum absolute atomic E-state index is 0.0393. The zero-order valence-electron chi connectivity index (χ0n) is 13.9. The molecule has 4 heteroatoms. The molecule has 0 aromatic heterocycles. The van der Waals surface area contributed by atoms with Gasteiger partial charge in [0.05, 0.1) is 5.25 Å². The molecule has 1 aliphatic rings. The van der Waals surface area contributed by atoms with Crippen LogP contribution >= 0.6 is 11.8 Å². The van der Waals surface area contributed by atoms with E-state index in [0.29, 0.717) is 0 Å². The average molecular weight is 314 g/mol. The molecule has 1 fully saturated rings. The third-order valence-corrected chi connectivity index (χ3v) is 5.86. The number of imide groups is 1. The Morgan fingerprint density at radius 1 is 0.952 bits per heavy atom. The molecule has 0 aromatic rings. The Hall–Kier alpha value is -0.510. The molecular weight excluding hydrogens is 282 g/mol. The van der Waals surface area contributed by atoms with Crippen molar-refractivity contribution in [3.05, 3.63) is 0 Å². The summed E-state index contributed by atoms with van der Waals surface area (Å²) >= 11 is 1.21. The number of hydrogen-bond acceptors (Lipinski definition) is 3. The molecule has 0 saturated carbocycles. The van der Waals surface area contributed by atoms with Crippen molar-refractivity contribution in [1.82, 2.24) is 5.32 Å². The molecule has 21 heavy (non-hydrogen) atoms. The number of carbonyl (C=O) groups is 2. The molecule has 1 unspecified atom stereocenters. The maximum atomic E-state index is 12.1. The summed E-state index contributed by atoms with van der Waals surface area (Å²) in [6.45, 7) is 6.63. The summed E-state index contributed by atoms with van der Waals surface area (Å²) in [5.41, 5.74) is -0.0393. The van der Waals surface area contributed by atoms with Crippen LogP contribution in [-0.4, -0.2) is 16.4 Å². The molecular formula is C17H31NO2S. The first-order valence-corrected chi connectivity index (χ1v) is 9.43. The summed E-state index contributed by atoms with van der Waals surface area (Å²) in [5, 5.41) is 2.11. The number of amides is 2. The van der Waals surface area contributed by atoms with Gasteiger partial charge in [-0.25, -0.2) is 0 Å². The van der Waals surface area contributed by atoms with E-state index in [1.54, 1.807) is 0 Å². The van der Waals surface area contributed by atoms with E-state index in [1.807, 2.05) is 0 Å². The molecule has 1 N–H and O–H groups in total. The number of hydrogen-bond donors (Lipinski definition) is 1. The Balaban J connectivity index is 2.59. The Labute approximate surface area is 134 Å². The first-order chi connectivity index (χ1) is 10.0. The number of rotatable bonds is 11. The van der Waals surface area contributed by atoms with E-state index < -0.39 is 0 Å². The molecule has 1 saturated heterocycles. The van der Waals surface area contributed by atoms with Crippen molar-refractivity contribution < 1.29 is 9.59 Å². The zero-order chi connectivity index (χ0) is 15.7. The number of unbranched alkanes of at least 4 members (excludes halogenated alkanes) is 6. The first-order valence-electron chi connectivity index (χ1n) is 8.55. The lowest BCUT2D eigenvalue weighted by atomic mass is 9.76. The van der Waals surface area contributed by atoms with E-state index in [1.165, 1.54) is 50.3 Å². The number of carbonyl (C=O) groups excluding carboxylic acids is 2. The smallest absolute Gasteiger partial charge is 0.286 e. The standard InChI is InChI=1S/C17H31NO2S/c1-4-6-8-10-12-17(3,13-11-9-7-5-2)14-15(19)18-16(20)21-14/h14H,4-13H2,1-3H3,(H,18,19,20). The van der Waals surface area contributed by atoms with Crippen LogP contribution in [0.3, 0.4) is 0 Å². The minimum atomic E-state index is -0.187. The summed E-state index contributed by atoms with van der Waals surface area (Å²) in [5.74, 6) is -0.0708. The van der Waals surface area contributed by atoms with E-state index in [2.05, 4.69) is 26.1 Å². The second-order valence-electron chi connectivity index (χ2n) is 6.55. The van der Waals surface area contributed by atoms with Crippen molar-refractivity contribution >= 4 is 22.9 Å². The van der Waals surface area contributed by atoms with Crippen LogP contribution in [0.15, 0.2) is 0 Å². The third kappa shape index (κ3) is 6.01. The van der Waals surface area contributed by atoms with Crippen molar-refractivity contribution in [2.45, 2.75) is 90.2 Å². The Morgan fingerprint density at radius 2 is 1.48 bits per heavy atom. The maximum absolute atomic E-state index is 12.1.